The second kappa shape index (κ2) is 3.51. The summed E-state index contributed by atoms with van der Waals surface area (Å²) in [5.74, 6) is 0.393. The van der Waals surface area contributed by atoms with Crippen molar-refractivity contribution in [1.82, 2.24) is 14.4 Å². The number of imidazole rings is 1. The summed E-state index contributed by atoms with van der Waals surface area (Å²) >= 11 is 9.24. The molecule has 2 aromatic heterocycles. The first kappa shape index (κ1) is 9.93. The topological polar surface area (TPSA) is 30.2 Å². The Morgan fingerprint density at radius 3 is 2.71 bits per heavy atom. The minimum atomic E-state index is 0.393. The van der Waals surface area contributed by atoms with Crippen molar-refractivity contribution < 1.29 is 0 Å². The molecule has 0 saturated heterocycles. The number of hydrogen-bond acceptors (Lipinski definition) is 2. The molecule has 0 spiro atoms. The molecule has 0 unspecified atom stereocenters. The largest absolute Gasteiger partial charge is 0.302 e. The molecule has 0 atom stereocenters. The first-order chi connectivity index (χ1) is 6.58. The molecule has 0 bridgehead atoms. The van der Waals surface area contributed by atoms with Crippen molar-refractivity contribution >= 4 is 33.2 Å². The summed E-state index contributed by atoms with van der Waals surface area (Å²) in [6, 6.07) is 0. The Kier molecular flexibility index (Phi) is 2.49. The molecule has 0 aromatic carbocycles. The third-order valence-electron chi connectivity index (χ3n) is 1.98. The zero-order chi connectivity index (χ0) is 10.3. The van der Waals surface area contributed by atoms with Crippen LogP contribution in [-0.2, 0) is 0 Å². The van der Waals surface area contributed by atoms with Crippen LogP contribution < -0.4 is 0 Å². The molecule has 0 aliphatic heterocycles. The molecular formula is C9H9BrClN3. The lowest BCUT2D eigenvalue weighted by atomic mass is 10.2. The van der Waals surface area contributed by atoms with Crippen LogP contribution in [-0.4, -0.2) is 14.4 Å². The predicted octanol–water partition coefficient (Wildman–Crippen LogP) is 3.27. The van der Waals surface area contributed by atoms with Crippen molar-refractivity contribution in [2.45, 2.75) is 19.8 Å². The molecule has 0 aliphatic rings. The zero-order valence-corrected chi connectivity index (χ0v) is 10.2. The quantitative estimate of drug-likeness (QED) is 0.799. The van der Waals surface area contributed by atoms with Crippen LogP contribution in [0.1, 0.15) is 25.5 Å². The molecule has 2 heterocycles. The van der Waals surface area contributed by atoms with Gasteiger partial charge in [0.25, 0.3) is 0 Å². The molecule has 2 aromatic rings. The van der Waals surface area contributed by atoms with Crippen molar-refractivity contribution in [3.63, 3.8) is 0 Å². The molecule has 0 amide bonds. The van der Waals surface area contributed by atoms with E-state index in [4.69, 9.17) is 11.6 Å². The van der Waals surface area contributed by atoms with Crippen LogP contribution in [0.2, 0.25) is 5.15 Å². The summed E-state index contributed by atoms with van der Waals surface area (Å²) in [7, 11) is 0. The average Bonchev–Trinajstić information content (AvgIpc) is 2.47. The van der Waals surface area contributed by atoms with Gasteiger partial charge in [-0.05, 0) is 21.8 Å². The number of rotatable bonds is 1. The van der Waals surface area contributed by atoms with E-state index in [2.05, 4.69) is 39.7 Å². The average molecular weight is 275 g/mol. The number of fused-ring (bicyclic) bond motifs is 1. The van der Waals surface area contributed by atoms with E-state index in [9.17, 15) is 0 Å². The van der Waals surface area contributed by atoms with Gasteiger partial charge in [0.2, 0.25) is 0 Å². The van der Waals surface area contributed by atoms with Crippen molar-refractivity contribution in [2.75, 3.05) is 0 Å². The van der Waals surface area contributed by atoms with Gasteiger partial charge in [-0.3, -0.25) is 0 Å². The lowest BCUT2D eigenvalue weighted by Crippen LogP contribution is -1.87. The van der Waals surface area contributed by atoms with Crippen molar-refractivity contribution in [3.05, 3.63) is 27.8 Å². The summed E-state index contributed by atoms with van der Waals surface area (Å²) in [4.78, 5) is 8.47. The van der Waals surface area contributed by atoms with E-state index in [0.717, 1.165) is 5.69 Å². The summed E-state index contributed by atoms with van der Waals surface area (Å²) in [6.45, 7) is 4.19. The number of nitrogens with zero attached hydrogens (tertiary/aromatic N) is 3. The highest BCUT2D eigenvalue weighted by Gasteiger charge is 2.09. The van der Waals surface area contributed by atoms with Gasteiger partial charge in [0.15, 0.2) is 10.8 Å². The predicted molar refractivity (Wildman–Crippen MR) is 59.8 cm³/mol. The van der Waals surface area contributed by atoms with Gasteiger partial charge in [-0.25, -0.2) is 9.97 Å². The van der Waals surface area contributed by atoms with Gasteiger partial charge in [0, 0.05) is 12.4 Å². The summed E-state index contributed by atoms with van der Waals surface area (Å²) < 4.78 is 2.59. The smallest absolute Gasteiger partial charge is 0.175 e. The lowest BCUT2D eigenvalue weighted by molar-refractivity contribution is 0.834. The van der Waals surface area contributed by atoms with Crippen LogP contribution >= 0.6 is 27.5 Å². The highest BCUT2D eigenvalue weighted by Crippen LogP contribution is 2.21. The standard InChI is InChI=1S/C9H9BrClN3/c1-5(2)6-3-14-4-7(10)13-8(11)9(14)12-6/h3-5H,1-2H3. The third kappa shape index (κ3) is 1.64. The Morgan fingerprint density at radius 2 is 2.07 bits per heavy atom. The van der Waals surface area contributed by atoms with Crippen LogP contribution in [0.4, 0.5) is 0 Å². The molecular weight excluding hydrogens is 265 g/mol. The van der Waals surface area contributed by atoms with E-state index < -0.39 is 0 Å². The summed E-state index contributed by atoms with van der Waals surface area (Å²) in [5.41, 5.74) is 1.73. The molecule has 0 N–H and O–H groups in total. The molecule has 0 saturated carbocycles. The maximum atomic E-state index is 5.96. The van der Waals surface area contributed by atoms with E-state index in [1.54, 1.807) is 0 Å². The third-order valence-corrected chi connectivity index (χ3v) is 2.61. The number of hydrogen-bond donors (Lipinski definition) is 0. The monoisotopic (exact) mass is 273 g/mol. The summed E-state index contributed by atoms with van der Waals surface area (Å²) in [6.07, 6.45) is 3.82. The van der Waals surface area contributed by atoms with Gasteiger partial charge in [-0.15, -0.1) is 0 Å². The van der Waals surface area contributed by atoms with Gasteiger partial charge in [0.1, 0.15) is 4.60 Å². The SMILES string of the molecule is CC(C)c1cn2cc(Br)nc(Cl)c2n1. The highest BCUT2D eigenvalue weighted by atomic mass is 79.9. The summed E-state index contributed by atoms with van der Waals surface area (Å²) in [5, 5.41) is 0.422. The normalized spacial score (nSPS) is 11.5. The minimum absolute atomic E-state index is 0.393. The van der Waals surface area contributed by atoms with Crippen LogP contribution in [0, 0.1) is 0 Å². The van der Waals surface area contributed by atoms with Gasteiger partial charge < -0.3 is 4.40 Å². The van der Waals surface area contributed by atoms with Crippen LogP contribution in [0.25, 0.3) is 5.65 Å². The Bertz CT molecular complexity index is 478. The molecule has 5 heteroatoms. The fourth-order valence-corrected chi connectivity index (χ4v) is 1.96. The van der Waals surface area contributed by atoms with Gasteiger partial charge >= 0.3 is 0 Å². The van der Waals surface area contributed by atoms with Crippen molar-refractivity contribution in [2.24, 2.45) is 0 Å². The molecule has 74 valence electrons. The second-order valence-electron chi connectivity index (χ2n) is 3.41. The first-order valence-corrected chi connectivity index (χ1v) is 5.45. The van der Waals surface area contributed by atoms with E-state index in [0.29, 0.717) is 21.3 Å². The molecule has 3 nitrogen and oxygen atoms in total. The van der Waals surface area contributed by atoms with Crippen molar-refractivity contribution in [3.8, 4) is 0 Å². The Morgan fingerprint density at radius 1 is 1.36 bits per heavy atom. The van der Waals surface area contributed by atoms with E-state index in [1.807, 2.05) is 16.8 Å². The molecule has 14 heavy (non-hydrogen) atoms. The minimum Gasteiger partial charge on any atom is -0.302 e. The van der Waals surface area contributed by atoms with E-state index in [1.165, 1.54) is 0 Å². The fourth-order valence-electron chi connectivity index (χ4n) is 1.23. The maximum absolute atomic E-state index is 5.96. The van der Waals surface area contributed by atoms with Crippen LogP contribution in [0.3, 0.4) is 0 Å². The Labute approximate surface area is 95.3 Å². The van der Waals surface area contributed by atoms with Crippen LogP contribution in [0.15, 0.2) is 17.0 Å². The van der Waals surface area contributed by atoms with Crippen LogP contribution in [0.5, 0.6) is 0 Å². The van der Waals surface area contributed by atoms with E-state index >= 15 is 0 Å². The van der Waals surface area contributed by atoms with E-state index in [-0.39, 0.29) is 0 Å². The first-order valence-electron chi connectivity index (χ1n) is 4.28. The lowest BCUT2D eigenvalue weighted by Gasteiger charge is -1.95. The molecule has 0 aliphatic carbocycles. The molecule has 0 radical (unpaired) electrons. The van der Waals surface area contributed by atoms with Gasteiger partial charge in [-0.1, -0.05) is 25.4 Å². The molecule has 2 rings (SSSR count). The van der Waals surface area contributed by atoms with Gasteiger partial charge in [0.05, 0.1) is 5.69 Å². The fraction of sp³-hybridized carbons (Fsp3) is 0.333. The Hall–Kier alpha value is -0.610. The zero-order valence-electron chi connectivity index (χ0n) is 7.83. The second-order valence-corrected chi connectivity index (χ2v) is 4.58. The number of halogens is 2. The number of aromatic nitrogens is 3. The van der Waals surface area contributed by atoms with Gasteiger partial charge in [-0.2, -0.15) is 0 Å². The Balaban J connectivity index is 2.70. The maximum Gasteiger partial charge on any atom is 0.175 e. The highest BCUT2D eigenvalue weighted by molar-refractivity contribution is 9.10. The van der Waals surface area contributed by atoms with Crippen molar-refractivity contribution in [1.29, 1.82) is 0 Å². The molecule has 0 fully saturated rings.